The number of sulfonamides is 1. The summed E-state index contributed by atoms with van der Waals surface area (Å²) in [5.41, 5.74) is 0.666. The first-order valence-electron chi connectivity index (χ1n) is 6.58. The molecule has 5 nitrogen and oxygen atoms in total. The molecule has 0 spiro atoms. The number of halogens is 1. The van der Waals surface area contributed by atoms with Crippen LogP contribution >= 0.6 is 11.6 Å². The summed E-state index contributed by atoms with van der Waals surface area (Å²) in [6.07, 6.45) is 1.36. The maximum absolute atomic E-state index is 12.4. The van der Waals surface area contributed by atoms with Crippen molar-refractivity contribution >= 4 is 27.4 Å². The van der Waals surface area contributed by atoms with E-state index in [0.717, 1.165) is 5.56 Å². The summed E-state index contributed by atoms with van der Waals surface area (Å²) in [6, 6.07) is 11.9. The largest absolute Gasteiger partial charge is 0.291 e. The number of carbonyl (C=O) groups is 1. The zero-order valence-corrected chi connectivity index (χ0v) is 13.4. The lowest BCUT2D eigenvalue weighted by Crippen LogP contribution is -2.26. The molecule has 0 aliphatic rings. The van der Waals surface area contributed by atoms with Gasteiger partial charge in [0.2, 0.25) is 10.0 Å². The number of pyridine rings is 1. The van der Waals surface area contributed by atoms with E-state index in [1.165, 1.54) is 25.3 Å². The molecule has 1 aromatic heterocycles. The Morgan fingerprint density at radius 1 is 1.23 bits per heavy atom. The molecule has 2 rings (SSSR count). The van der Waals surface area contributed by atoms with Gasteiger partial charge in [0.05, 0.1) is 5.38 Å². The Morgan fingerprint density at radius 2 is 1.91 bits per heavy atom. The first-order chi connectivity index (χ1) is 10.4. The second kappa shape index (κ2) is 7.00. The van der Waals surface area contributed by atoms with Crippen molar-refractivity contribution in [2.75, 3.05) is 0 Å². The SMILES string of the molecule is CC(Cl)C(=O)c1ncccc1S(=O)(=O)NCc1ccccc1. The van der Waals surface area contributed by atoms with E-state index < -0.39 is 21.2 Å². The van der Waals surface area contributed by atoms with Crippen molar-refractivity contribution in [2.24, 2.45) is 0 Å². The van der Waals surface area contributed by atoms with Gasteiger partial charge in [-0.3, -0.25) is 9.78 Å². The molecule has 2 aromatic rings. The molecule has 0 saturated carbocycles. The predicted molar refractivity (Wildman–Crippen MR) is 84.4 cm³/mol. The normalized spacial score (nSPS) is 12.8. The van der Waals surface area contributed by atoms with Gasteiger partial charge in [-0.1, -0.05) is 30.3 Å². The second-order valence-corrected chi connectivity index (χ2v) is 7.03. The van der Waals surface area contributed by atoms with Gasteiger partial charge in [0.25, 0.3) is 0 Å². The summed E-state index contributed by atoms with van der Waals surface area (Å²) >= 11 is 5.75. The van der Waals surface area contributed by atoms with Gasteiger partial charge in [-0.2, -0.15) is 0 Å². The Hall–Kier alpha value is -1.76. The van der Waals surface area contributed by atoms with E-state index in [4.69, 9.17) is 11.6 Å². The van der Waals surface area contributed by atoms with Gasteiger partial charge in [0.15, 0.2) is 5.78 Å². The first kappa shape index (κ1) is 16.6. The lowest BCUT2D eigenvalue weighted by Gasteiger charge is -2.11. The van der Waals surface area contributed by atoms with Crippen LogP contribution < -0.4 is 4.72 Å². The van der Waals surface area contributed by atoms with Crippen LogP contribution in [-0.2, 0) is 16.6 Å². The Morgan fingerprint density at radius 3 is 2.55 bits per heavy atom. The van der Waals surface area contributed by atoms with Gasteiger partial charge < -0.3 is 0 Å². The van der Waals surface area contributed by atoms with E-state index in [0.29, 0.717) is 0 Å². The summed E-state index contributed by atoms with van der Waals surface area (Å²) in [7, 11) is -3.86. The molecule has 0 saturated heterocycles. The summed E-state index contributed by atoms with van der Waals surface area (Å²) in [5.74, 6) is -0.526. The zero-order chi connectivity index (χ0) is 16.2. The van der Waals surface area contributed by atoms with Crippen LogP contribution in [0.1, 0.15) is 23.0 Å². The fourth-order valence-electron chi connectivity index (χ4n) is 1.83. The van der Waals surface area contributed by atoms with Gasteiger partial charge in [-0.25, -0.2) is 13.1 Å². The van der Waals surface area contributed by atoms with Gasteiger partial charge in [0.1, 0.15) is 10.6 Å². The number of benzene rings is 1. The van der Waals surface area contributed by atoms with Gasteiger partial charge >= 0.3 is 0 Å². The van der Waals surface area contributed by atoms with Crippen molar-refractivity contribution in [1.82, 2.24) is 9.71 Å². The molecule has 1 N–H and O–H groups in total. The van der Waals surface area contributed by atoms with E-state index in [1.807, 2.05) is 18.2 Å². The summed E-state index contributed by atoms with van der Waals surface area (Å²) < 4.78 is 27.3. The fourth-order valence-corrected chi connectivity index (χ4v) is 3.11. The van der Waals surface area contributed by atoms with E-state index >= 15 is 0 Å². The molecular formula is C15H15ClN2O3S. The van der Waals surface area contributed by atoms with Gasteiger partial charge in [-0.05, 0) is 24.6 Å². The Balaban J connectivity index is 2.28. The molecule has 0 fully saturated rings. The van der Waals surface area contributed by atoms with Crippen molar-refractivity contribution in [3.63, 3.8) is 0 Å². The number of nitrogens with one attached hydrogen (secondary N) is 1. The smallest absolute Gasteiger partial charge is 0.243 e. The summed E-state index contributed by atoms with van der Waals surface area (Å²) in [4.78, 5) is 15.7. The van der Waals surface area contributed by atoms with Crippen molar-refractivity contribution in [2.45, 2.75) is 23.7 Å². The third-order valence-corrected chi connectivity index (χ3v) is 4.60. The van der Waals surface area contributed by atoms with Crippen LogP contribution in [0.4, 0.5) is 0 Å². The van der Waals surface area contributed by atoms with Crippen LogP contribution in [0.2, 0.25) is 0 Å². The lowest BCUT2D eigenvalue weighted by molar-refractivity contribution is 0.0983. The highest BCUT2D eigenvalue weighted by molar-refractivity contribution is 7.89. The minimum Gasteiger partial charge on any atom is -0.291 e. The minimum atomic E-state index is -3.86. The number of Topliss-reactive ketones (excluding diaryl/α,β-unsaturated/α-hetero) is 1. The molecule has 1 heterocycles. The highest BCUT2D eigenvalue weighted by Gasteiger charge is 2.25. The number of nitrogens with zero attached hydrogens (tertiary/aromatic N) is 1. The van der Waals surface area contributed by atoms with E-state index in [2.05, 4.69) is 9.71 Å². The number of aromatic nitrogens is 1. The maximum atomic E-state index is 12.4. The molecular weight excluding hydrogens is 324 g/mol. The average molecular weight is 339 g/mol. The third-order valence-electron chi connectivity index (χ3n) is 2.96. The summed E-state index contributed by atoms with van der Waals surface area (Å²) in [6.45, 7) is 1.61. The monoisotopic (exact) mass is 338 g/mol. The second-order valence-electron chi connectivity index (χ2n) is 4.64. The average Bonchev–Trinajstić information content (AvgIpc) is 2.53. The highest BCUT2D eigenvalue weighted by atomic mass is 35.5. The van der Waals surface area contributed by atoms with Crippen LogP contribution in [0.25, 0.3) is 0 Å². The molecule has 0 aliphatic heterocycles. The molecule has 7 heteroatoms. The van der Waals surface area contributed by atoms with Crippen LogP contribution in [0.5, 0.6) is 0 Å². The zero-order valence-electron chi connectivity index (χ0n) is 11.9. The van der Waals surface area contributed by atoms with Crippen molar-refractivity contribution in [3.05, 3.63) is 59.9 Å². The lowest BCUT2D eigenvalue weighted by atomic mass is 10.2. The molecule has 0 bridgehead atoms. The Kier molecular flexibility index (Phi) is 5.28. The topological polar surface area (TPSA) is 76.1 Å². The quantitative estimate of drug-likeness (QED) is 0.648. The standard InChI is InChI=1S/C15H15ClN2O3S/c1-11(16)15(19)14-13(8-5-9-17-14)22(20,21)18-10-12-6-3-2-4-7-12/h2-9,11,18H,10H2,1H3. The number of alkyl halides is 1. The molecule has 1 aromatic carbocycles. The van der Waals surface area contributed by atoms with E-state index in [9.17, 15) is 13.2 Å². The first-order valence-corrected chi connectivity index (χ1v) is 8.50. The predicted octanol–water partition coefficient (Wildman–Crippen LogP) is 2.37. The number of ketones is 1. The van der Waals surface area contributed by atoms with Crippen LogP contribution in [0, 0.1) is 0 Å². The fraction of sp³-hybridized carbons (Fsp3) is 0.200. The van der Waals surface area contributed by atoms with Gasteiger partial charge in [-0.15, -0.1) is 11.6 Å². The van der Waals surface area contributed by atoms with Crippen LogP contribution in [0.15, 0.2) is 53.6 Å². The van der Waals surface area contributed by atoms with Crippen LogP contribution in [-0.4, -0.2) is 24.6 Å². The number of hydrogen-bond acceptors (Lipinski definition) is 4. The number of hydrogen-bond donors (Lipinski definition) is 1. The molecule has 1 unspecified atom stereocenters. The number of rotatable bonds is 6. The van der Waals surface area contributed by atoms with Gasteiger partial charge in [0, 0.05) is 12.7 Å². The molecule has 0 aliphatic carbocycles. The summed E-state index contributed by atoms with van der Waals surface area (Å²) in [5, 5.41) is -0.849. The van der Waals surface area contributed by atoms with E-state index in [1.54, 1.807) is 12.1 Å². The molecule has 22 heavy (non-hydrogen) atoms. The molecule has 0 amide bonds. The van der Waals surface area contributed by atoms with Crippen molar-refractivity contribution in [1.29, 1.82) is 0 Å². The highest BCUT2D eigenvalue weighted by Crippen LogP contribution is 2.17. The van der Waals surface area contributed by atoms with Crippen molar-refractivity contribution < 1.29 is 13.2 Å². The van der Waals surface area contributed by atoms with Crippen LogP contribution in [0.3, 0.4) is 0 Å². The number of carbonyl (C=O) groups excluding carboxylic acids is 1. The van der Waals surface area contributed by atoms with Crippen molar-refractivity contribution in [3.8, 4) is 0 Å². The molecule has 0 radical (unpaired) electrons. The molecule has 1 atom stereocenters. The minimum absolute atomic E-state index is 0.127. The third kappa shape index (κ3) is 3.91. The molecule has 116 valence electrons. The Bertz CT molecular complexity index is 761. The van der Waals surface area contributed by atoms with E-state index in [-0.39, 0.29) is 17.1 Å². The Labute approximate surface area is 134 Å². The maximum Gasteiger partial charge on any atom is 0.243 e.